The Kier molecular flexibility index (Phi) is 6.37. The fourth-order valence-electron chi connectivity index (χ4n) is 2.51. The lowest BCUT2D eigenvalue weighted by Gasteiger charge is -2.22. The van der Waals surface area contributed by atoms with Crippen molar-refractivity contribution in [3.05, 3.63) is 34.9 Å². The molecule has 0 aliphatic heterocycles. The first-order chi connectivity index (χ1) is 8.65. The van der Waals surface area contributed by atoms with E-state index in [9.17, 15) is 0 Å². The Labute approximate surface area is 112 Å². The monoisotopic (exact) mass is 248 g/mol. The van der Waals surface area contributed by atoms with Crippen molar-refractivity contribution in [1.82, 2.24) is 0 Å². The van der Waals surface area contributed by atoms with Crippen LogP contribution in [0.2, 0.25) is 0 Å². The molecule has 0 aromatic heterocycles. The first-order valence-electron chi connectivity index (χ1n) is 7.16. The van der Waals surface area contributed by atoms with Crippen molar-refractivity contribution in [2.45, 2.75) is 40.0 Å². The predicted molar refractivity (Wildman–Crippen MR) is 79.7 cm³/mol. The van der Waals surface area contributed by atoms with E-state index in [2.05, 4.69) is 39.0 Å². The highest BCUT2D eigenvalue weighted by atomic mass is 14.6. The van der Waals surface area contributed by atoms with Crippen LogP contribution in [0.15, 0.2) is 18.2 Å². The molecule has 1 unspecified atom stereocenters. The second-order valence-corrected chi connectivity index (χ2v) is 5.22. The van der Waals surface area contributed by atoms with Gasteiger partial charge in [-0.2, -0.15) is 0 Å². The van der Waals surface area contributed by atoms with E-state index in [1.165, 1.54) is 16.7 Å². The van der Waals surface area contributed by atoms with Crippen LogP contribution in [0.3, 0.4) is 0 Å². The van der Waals surface area contributed by atoms with Gasteiger partial charge in [-0.15, -0.1) is 0 Å². The number of hydrogen-bond acceptors (Lipinski definition) is 2. The molecule has 0 aliphatic carbocycles. The van der Waals surface area contributed by atoms with E-state index in [1.54, 1.807) is 0 Å². The number of hydrogen-bond donors (Lipinski definition) is 2. The van der Waals surface area contributed by atoms with E-state index in [0.717, 1.165) is 19.3 Å². The zero-order valence-corrected chi connectivity index (χ0v) is 12.1. The highest BCUT2D eigenvalue weighted by molar-refractivity contribution is 5.32. The van der Waals surface area contributed by atoms with Crippen LogP contribution in [0.4, 0.5) is 0 Å². The molecule has 2 heteroatoms. The van der Waals surface area contributed by atoms with Gasteiger partial charge in [0.25, 0.3) is 0 Å². The Balaban J connectivity index is 2.87. The predicted octanol–water partition coefficient (Wildman–Crippen LogP) is 2.52. The first kappa shape index (κ1) is 15.2. The Morgan fingerprint density at radius 3 is 2.17 bits per heavy atom. The molecule has 0 fully saturated rings. The number of benzene rings is 1. The molecule has 1 aromatic carbocycles. The van der Waals surface area contributed by atoms with Crippen LogP contribution in [-0.4, -0.2) is 13.1 Å². The van der Waals surface area contributed by atoms with E-state index in [-0.39, 0.29) is 0 Å². The van der Waals surface area contributed by atoms with Gasteiger partial charge in [-0.25, -0.2) is 0 Å². The molecule has 0 bridgehead atoms. The quantitative estimate of drug-likeness (QED) is 0.779. The van der Waals surface area contributed by atoms with Crippen molar-refractivity contribution < 1.29 is 0 Å². The van der Waals surface area contributed by atoms with Gasteiger partial charge < -0.3 is 11.5 Å². The Morgan fingerprint density at radius 2 is 1.67 bits per heavy atom. The van der Waals surface area contributed by atoms with E-state index in [0.29, 0.717) is 24.9 Å². The molecular weight excluding hydrogens is 220 g/mol. The Hall–Kier alpha value is -0.860. The van der Waals surface area contributed by atoms with Gasteiger partial charge in [0.05, 0.1) is 0 Å². The molecule has 0 aliphatic rings. The highest BCUT2D eigenvalue weighted by Gasteiger charge is 2.16. The van der Waals surface area contributed by atoms with Gasteiger partial charge in [0.1, 0.15) is 0 Å². The summed E-state index contributed by atoms with van der Waals surface area (Å²) in [7, 11) is 0. The molecule has 1 atom stereocenters. The highest BCUT2D eigenvalue weighted by Crippen LogP contribution is 2.21. The van der Waals surface area contributed by atoms with Gasteiger partial charge in [0, 0.05) is 0 Å². The van der Waals surface area contributed by atoms with Gasteiger partial charge in [-0.1, -0.05) is 39.0 Å². The summed E-state index contributed by atoms with van der Waals surface area (Å²) in [6.45, 7) is 8.07. The molecule has 1 rings (SSSR count). The fourth-order valence-corrected chi connectivity index (χ4v) is 2.51. The van der Waals surface area contributed by atoms with Crippen LogP contribution in [-0.2, 0) is 19.3 Å². The molecule has 2 nitrogen and oxygen atoms in total. The van der Waals surface area contributed by atoms with Crippen LogP contribution in [0.25, 0.3) is 0 Å². The second-order valence-electron chi connectivity index (χ2n) is 5.22. The molecule has 0 saturated carbocycles. The molecule has 0 spiro atoms. The molecular formula is C16H28N2. The smallest absolute Gasteiger partial charge is 0.00341 e. The van der Waals surface area contributed by atoms with E-state index in [1.807, 2.05) is 0 Å². The lowest BCUT2D eigenvalue weighted by molar-refractivity contribution is 0.372. The summed E-state index contributed by atoms with van der Waals surface area (Å²) in [6, 6.07) is 6.89. The van der Waals surface area contributed by atoms with Crippen LogP contribution < -0.4 is 11.5 Å². The SMILES string of the molecule is CCc1ccc(CC)c(CC(C)C(CN)CN)c1. The summed E-state index contributed by atoms with van der Waals surface area (Å²) in [5.74, 6) is 0.984. The van der Waals surface area contributed by atoms with Crippen LogP contribution in [0, 0.1) is 11.8 Å². The van der Waals surface area contributed by atoms with Crippen molar-refractivity contribution in [3.63, 3.8) is 0 Å². The van der Waals surface area contributed by atoms with Gasteiger partial charge in [0.2, 0.25) is 0 Å². The first-order valence-corrected chi connectivity index (χ1v) is 7.16. The molecule has 0 radical (unpaired) electrons. The van der Waals surface area contributed by atoms with Crippen molar-refractivity contribution in [3.8, 4) is 0 Å². The minimum atomic E-state index is 0.431. The average molecular weight is 248 g/mol. The number of rotatable bonds is 7. The number of aryl methyl sites for hydroxylation is 2. The summed E-state index contributed by atoms with van der Waals surface area (Å²) >= 11 is 0. The largest absolute Gasteiger partial charge is 0.330 e. The molecule has 4 N–H and O–H groups in total. The zero-order valence-electron chi connectivity index (χ0n) is 12.1. The molecule has 102 valence electrons. The summed E-state index contributed by atoms with van der Waals surface area (Å²) in [5.41, 5.74) is 15.9. The minimum Gasteiger partial charge on any atom is -0.330 e. The average Bonchev–Trinajstić information content (AvgIpc) is 2.40. The maximum absolute atomic E-state index is 5.78. The van der Waals surface area contributed by atoms with Crippen LogP contribution in [0.1, 0.15) is 37.5 Å². The van der Waals surface area contributed by atoms with Crippen LogP contribution in [0.5, 0.6) is 0 Å². The van der Waals surface area contributed by atoms with E-state index < -0.39 is 0 Å². The molecule has 0 saturated heterocycles. The van der Waals surface area contributed by atoms with Gasteiger partial charge in [-0.3, -0.25) is 0 Å². The minimum absolute atomic E-state index is 0.431. The summed E-state index contributed by atoms with van der Waals surface area (Å²) in [5, 5.41) is 0. The Morgan fingerprint density at radius 1 is 1.00 bits per heavy atom. The maximum atomic E-state index is 5.78. The van der Waals surface area contributed by atoms with Gasteiger partial charge >= 0.3 is 0 Å². The van der Waals surface area contributed by atoms with Crippen molar-refractivity contribution in [1.29, 1.82) is 0 Å². The topological polar surface area (TPSA) is 52.0 Å². The van der Waals surface area contributed by atoms with Gasteiger partial charge in [-0.05, 0) is 60.9 Å². The summed E-state index contributed by atoms with van der Waals surface area (Å²) in [4.78, 5) is 0. The van der Waals surface area contributed by atoms with E-state index in [4.69, 9.17) is 11.5 Å². The lowest BCUT2D eigenvalue weighted by atomic mass is 9.86. The summed E-state index contributed by atoms with van der Waals surface area (Å²) < 4.78 is 0. The van der Waals surface area contributed by atoms with Gasteiger partial charge in [0.15, 0.2) is 0 Å². The van der Waals surface area contributed by atoms with E-state index >= 15 is 0 Å². The van der Waals surface area contributed by atoms with Crippen molar-refractivity contribution >= 4 is 0 Å². The lowest BCUT2D eigenvalue weighted by Crippen LogP contribution is -2.30. The summed E-state index contributed by atoms with van der Waals surface area (Å²) in [6.07, 6.45) is 3.29. The van der Waals surface area contributed by atoms with Crippen molar-refractivity contribution in [2.75, 3.05) is 13.1 Å². The van der Waals surface area contributed by atoms with Crippen LogP contribution >= 0.6 is 0 Å². The zero-order chi connectivity index (χ0) is 13.5. The normalized spacial score (nSPS) is 13.0. The molecule has 1 aromatic rings. The number of nitrogens with two attached hydrogens (primary N) is 2. The second kappa shape index (κ2) is 7.55. The Bertz CT molecular complexity index is 356. The third-order valence-electron chi connectivity index (χ3n) is 4.01. The third-order valence-corrected chi connectivity index (χ3v) is 4.01. The van der Waals surface area contributed by atoms with Crippen molar-refractivity contribution in [2.24, 2.45) is 23.3 Å². The standard InChI is InChI=1S/C16H28N2/c1-4-13-6-7-14(5-2)15(9-13)8-12(3)16(10-17)11-18/h6-7,9,12,16H,4-5,8,10-11,17-18H2,1-3H3. The molecule has 0 heterocycles. The fraction of sp³-hybridized carbons (Fsp3) is 0.625. The molecule has 0 amide bonds. The molecule has 18 heavy (non-hydrogen) atoms. The third kappa shape index (κ3) is 3.82. The maximum Gasteiger partial charge on any atom is -0.00341 e.